The smallest absolute Gasteiger partial charge is 0.279 e. The van der Waals surface area contributed by atoms with Gasteiger partial charge < -0.3 is 4.57 Å². The summed E-state index contributed by atoms with van der Waals surface area (Å²) >= 11 is 1.50. The molecule has 170 valence electrons. The molecule has 1 amide bonds. The van der Waals surface area contributed by atoms with Gasteiger partial charge in [-0.05, 0) is 81.3 Å². The van der Waals surface area contributed by atoms with Gasteiger partial charge in [-0.1, -0.05) is 35.1 Å². The number of carbonyl (C=O) groups is 1. The van der Waals surface area contributed by atoms with Crippen molar-refractivity contribution in [1.82, 2.24) is 4.57 Å². The number of fused-ring (bicyclic) bond motifs is 1. The number of aryl methyl sites for hydroxylation is 4. The molecule has 4 rings (SSSR count). The second kappa shape index (κ2) is 8.96. The Hall–Kier alpha value is -3.23. The Morgan fingerprint density at radius 2 is 1.64 bits per heavy atom. The van der Waals surface area contributed by atoms with Gasteiger partial charge in [0.05, 0.1) is 15.1 Å². The molecule has 0 aliphatic heterocycles. The van der Waals surface area contributed by atoms with Crippen LogP contribution in [0.3, 0.4) is 0 Å². The van der Waals surface area contributed by atoms with Crippen molar-refractivity contribution in [3.05, 3.63) is 87.7 Å². The first kappa shape index (κ1) is 22.9. The zero-order valence-corrected chi connectivity index (χ0v) is 20.5. The van der Waals surface area contributed by atoms with Crippen molar-refractivity contribution >= 4 is 43.2 Å². The van der Waals surface area contributed by atoms with Gasteiger partial charge in [0.1, 0.15) is 0 Å². The van der Waals surface area contributed by atoms with Crippen molar-refractivity contribution < 1.29 is 13.2 Å². The lowest BCUT2D eigenvalue weighted by Crippen LogP contribution is -2.16. The molecule has 3 aromatic carbocycles. The number of anilines is 1. The number of carbonyl (C=O) groups excluding carboxylic acids is 1. The van der Waals surface area contributed by atoms with Crippen molar-refractivity contribution in [2.24, 2.45) is 4.99 Å². The third kappa shape index (κ3) is 4.77. The summed E-state index contributed by atoms with van der Waals surface area (Å²) in [5.41, 5.74) is 5.16. The lowest BCUT2D eigenvalue weighted by Gasteiger charge is -2.08. The van der Waals surface area contributed by atoms with E-state index in [0.29, 0.717) is 22.6 Å². The van der Waals surface area contributed by atoms with E-state index in [2.05, 4.69) is 35.7 Å². The van der Waals surface area contributed by atoms with Crippen molar-refractivity contribution in [2.75, 3.05) is 4.72 Å². The molecule has 0 saturated carbocycles. The molecule has 1 aromatic heterocycles. The molecule has 0 radical (unpaired) electrons. The summed E-state index contributed by atoms with van der Waals surface area (Å²) in [5.74, 6) is -0.369. The fourth-order valence-electron chi connectivity index (χ4n) is 3.67. The molecule has 0 saturated heterocycles. The first-order chi connectivity index (χ1) is 15.7. The van der Waals surface area contributed by atoms with Crippen molar-refractivity contribution in [1.29, 1.82) is 0 Å². The number of aromatic nitrogens is 1. The Labute approximate surface area is 197 Å². The van der Waals surface area contributed by atoms with Crippen LogP contribution in [-0.4, -0.2) is 18.9 Å². The Bertz CT molecular complexity index is 1510. The van der Waals surface area contributed by atoms with E-state index >= 15 is 0 Å². The van der Waals surface area contributed by atoms with Crippen molar-refractivity contribution in [3.63, 3.8) is 0 Å². The van der Waals surface area contributed by atoms with Crippen LogP contribution in [0, 0.1) is 20.8 Å². The molecule has 1 heterocycles. The molecular formula is C25H25N3O3S2. The third-order valence-electron chi connectivity index (χ3n) is 5.34. The summed E-state index contributed by atoms with van der Waals surface area (Å²) < 4.78 is 30.9. The van der Waals surface area contributed by atoms with E-state index in [1.165, 1.54) is 16.9 Å². The Kier molecular flexibility index (Phi) is 6.23. The highest BCUT2D eigenvalue weighted by Crippen LogP contribution is 2.23. The molecule has 8 heteroatoms. The lowest BCUT2D eigenvalue weighted by molar-refractivity contribution is 0.0998. The number of hydrogen-bond donors (Lipinski definition) is 1. The van der Waals surface area contributed by atoms with E-state index in [1.807, 2.05) is 18.4 Å². The van der Waals surface area contributed by atoms with Crippen LogP contribution in [0.5, 0.6) is 0 Å². The summed E-state index contributed by atoms with van der Waals surface area (Å²) in [6.45, 7) is 8.75. The number of rotatable bonds is 5. The maximum atomic E-state index is 12.8. The Morgan fingerprint density at radius 1 is 0.970 bits per heavy atom. The quantitative estimate of drug-likeness (QED) is 0.428. The summed E-state index contributed by atoms with van der Waals surface area (Å²) in [4.78, 5) is 18.1. The number of thiazole rings is 1. The first-order valence-corrected chi connectivity index (χ1v) is 12.9. The van der Waals surface area contributed by atoms with Crippen LogP contribution in [0.1, 0.15) is 34.0 Å². The summed E-state index contributed by atoms with van der Waals surface area (Å²) in [7, 11) is -3.70. The minimum absolute atomic E-state index is 0.183. The van der Waals surface area contributed by atoms with Gasteiger partial charge in [0.25, 0.3) is 15.9 Å². The second-order valence-electron chi connectivity index (χ2n) is 7.97. The van der Waals surface area contributed by atoms with E-state index in [-0.39, 0.29) is 10.8 Å². The molecule has 0 atom stereocenters. The van der Waals surface area contributed by atoms with E-state index in [4.69, 9.17) is 0 Å². The van der Waals surface area contributed by atoms with Gasteiger partial charge in [-0.2, -0.15) is 4.99 Å². The van der Waals surface area contributed by atoms with Crippen LogP contribution in [0.25, 0.3) is 10.2 Å². The topological polar surface area (TPSA) is 80.5 Å². The van der Waals surface area contributed by atoms with Crippen LogP contribution in [-0.2, 0) is 16.6 Å². The maximum absolute atomic E-state index is 12.8. The van der Waals surface area contributed by atoms with Crippen LogP contribution in [0.2, 0.25) is 0 Å². The van der Waals surface area contributed by atoms with Crippen molar-refractivity contribution in [2.45, 2.75) is 39.1 Å². The van der Waals surface area contributed by atoms with Crippen molar-refractivity contribution in [3.8, 4) is 0 Å². The fourth-order valence-corrected chi connectivity index (χ4v) is 5.87. The van der Waals surface area contributed by atoms with E-state index in [0.717, 1.165) is 21.3 Å². The van der Waals surface area contributed by atoms with E-state index in [1.54, 1.807) is 48.5 Å². The zero-order chi connectivity index (χ0) is 23.8. The highest BCUT2D eigenvalue weighted by molar-refractivity contribution is 7.92. The van der Waals surface area contributed by atoms with Gasteiger partial charge in [-0.15, -0.1) is 0 Å². The molecule has 0 bridgehead atoms. The van der Waals surface area contributed by atoms with E-state index < -0.39 is 10.0 Å². The number of hydrogen-bond acceptors (Lipinski definition) is 4. The fraction of sp³-hybridized carbons (Fsp3) is 0.200. The zero-order valence-electron chi connectivity index (χ0n) is 18.9. The highest BCUT2D eigenvalue weighted by Gasteiger charge is 2.15. The molecule has 0 aliphatic rings. The highest BCUT2D eigenvalue weighted by atomic mass is 32.2. The van der Waals surface area contributed by atoms with Gasteiger partial charge in [-0.3, -0.25) is 9.52 Å². The predicted octanol–water partition coefficient (Wildman–Crippen LogP) is 5.19. The van der Waals surface area contributed by atoms with Gasteiger partial charge in [0.2, 0.25) is 0 Å². The average Bonchev–Trinajstić information content (AvgIpc) is 3.11. The molecule has 0 fully saturated rings. The maximum Gasteiger partial charge on any atom is 0.279 e. The number of benzene rings is 3. The molecule has 4 aromatic rings. The van der Waals surface area contributed by atoms with Gasteiger partial charge in [0, 0.05) is 17.8 Å². The third-order valence-corrected chi connectivity index (χ3v) is 7.97. The van der Waals surface area contributed by atoms with Crippen LogP contribution in [0.15, 0.2) is 70.6 Å². The SMILES string of the molecule is CCn1c(=NC(=O)c2ccc(NS(=O)(=O)c3ccc(C)cc3)cc2)sc2c(C)cc(C)cc21. The Balaban J connectivity index is 1.61. The van der Waals surface area contributed by atoms with Gasteiger partial charge in [-0.25, -0.2) is 8.42 Å². The number of amides is 1. The van der Waals surface area contributed by atoms with Gasteiger partial charge >= 0.3 is 0 Å². The number of nitrogens with zero attached hydrogens (tertiary/aromatic N) is 2. The molecule has 1 N–H and O–H groups in total. The number of nitrogens with one attached hydrogen (secondary N) is 1. The second-order valence-corrected chi connectivity index (χ2v) is 10.6. The van der Waals surface area contributed by atoms with Crippen LogP contribution >= 0.6 is 11.3 Å². The average molecular weight is 480 g/mol. The standard InChI is InChI=1S/C25H25N3O3S2/c1-5-28-22-15-17(3)14-18(4)23(22)32-25(28)26-24(29)19-8-10-20(11-9-19)27-33(30,31)21-12-6-16(2)7-13-21/h6-15,27H,5H2,1-4H3. The molecule has 0 aliphatic carbocycles. The lowest BCUT2D eigenvalue weighted by atomic mass is 10.1. The van der Waals surface area contributed by atoms with Crippen LogP contribution in [0.4, 0.5) is 5.69 Å². The first-order valence-electron chi connectivity index (χ1n) is 10.6. The monoisotopic (exact) mass is 479 g/mol. The molecule has 6 nitrogen and oxygen atoms in total. The summed E-state index contributed by atoms with van der Waals surface area (Å²) in [6, 6.07) is 17.2. The minimum Gasteiger partial charge on any atom is -0.317 e. The van der Waals surface area contributed by atoms with Crippen LogP contribution < -0.4 is 9.52 Å². The summed E-state index contributed by atoms with van der Waals surface area (Å²) in [6.07, 6.45) is 0. The molecular weight excluding hydrogens is 454 g/mol. The molecule has 0 spiro atoms. The largest absolute Gasteiger partial charge is 0.317 e. The van der Waals surface area contributed by atoms with E-state index in [9.17, 15) is 13.2 Å². The predicted molar refractivity (Wildman–Crippen MR) is 133 cm³/mol. The molecule has 33 heavy (non-hydrogen) atoms. The van der Waals surface area contributed by atoms with Gasteiger partial charge in [0.15, 0.2) is 4.80 Å². The summed E-state index contributed by atoms with van der Waals surface area (Å²) in [5, 5.41) is 0. The normalized spacial score (nSPS) is 12.3. The number of sulfonamides is 1. The Morgan fingerprint density at radius 3 is 2.27 bits per heavy atom. The minimum atomic E-state index is -3.70. The molecule has 0 unspecified atom stereocenters.